The Bertz CT molecular complexity index is 464. The predicted molar refractivity (Wildman–Crippen MR) is 87.3 cm³/mol. The van der Waals surface area contributed by atoms with Gasteiger partial charge in [0.2, 0.25) is 0 Å². The Morgan fingerprint density at radius 1 is 1.30 bits per heavy atom. The smallest absolute Gasteiger partial charge is 0.317 e. The standard InChI is InChI=1S/C17H30N2O4/c1-5-17(6-2)12(10-13(17)23-7-3)18-15(22)19-9-8-16(4,11-19)14(20)21/h12-13H,5-11H2,1-4H3,(H,18,22)(H,20,21). The maximum Gasteiger partial charge on any atom is 0.317 e. The van der Waals surface area contributed by atoms with Crippen molar-refractivity contribution in [3.05, 3.63) is 0 Å². The van der Waals surface area contributed by atoms with Gasteiger partial charge in [0.1, 0.15) is 0 Å². The van der Waals surface area contributed by atoms with E-state index in [2.05, 4.69) is 19.2 Å². The van der Waals surface area contributed by atoms with E-state index in [1.54, 1.807) is 11.8 Å². The molecule has 2 fully saturated rings. The normalized spacial score (nSPS) is 32.4. The molecule has 1 saturated heterocycles. The van der Waals surface area contributed by atoms with Gasteiger partial charge in [-0.15, -0.1) is 0 Å². The van der Waals surface area contributed by atoms with Crippen LogP contribution in [0.2, 0.25) is 0 Å². The first-order chi connectivity index (χ1) is 10.8. The van der Waals surface area contributed by atoms with Crippen LogP contribution in [-0.4, -0.2) is 53.8 Å². The van der Waals surface area contributed by atoms with Gasteiger partial charge in [-0.25, -0.2) is 4.79 Å². The van der Waals surface area contributed by atoms with Gasteiger partial charge in [0.25, 0.3) is 0 Å². The third-order valence-electron chi connectivity index (χ3n) is 6.04. The third-order valence-corrected chi connectivity index (χ3v) is 6.04. The van der Waals surface area contributed by atoms with Crippen molar-refractivity contribution >= 4 is 12.0 Å². The minimum absolute atomic E-state index is 0.00148. The second-order valence-corrected chi connectivity index (χ2v) is 7.16. The quantitative estimate of drug-likeness (QED) is 0.786. The zero-order valence-corrected chi connectivity index (χ0v) is 14.7. The molecule has 132 valence electrons. The second-order valence-electron chi connectivity index (χ2n) is 7.16. The molecule has 0 aromatic carbocycles. The van der Waals surface area contributed by atoms with Gasteiger partial charge in [-0.3, -0.25) is 4.79 Å². The summed E-state index contributed by atoms with van der Waals surface area (Å²) in [5.74, 6) is -0.829. The monoisotopic (exact) mass is 326 g/mol. The number of carboxylic acid groups (broad SMARTS) is 1. The van der Waals surface area contributed by atoms with Gasteiger partial charge in [0, 0.05) is 31.2 Å². The molecule has 1 saturated carbocycles. The van der Waals surface area contributed by atoms with E-state index in [0.29, 0.717) is 19.6 Å². The molecule has 0 aromatic heterocycles. The lowest BCUT2D eigenvalue weighted by Crippen LogP contribution is -2.65. The van der Waals surface area contributed by atoms with Gasteiger partial charge in [-0.05, 0) is 39.5 Å². The summed E-state index contributed by atoms with van der Waals surface area (Å²) < 4.78 is 5.83. The number of urea groups is 1. The first-order valence-electron chi connectivity index (χ1n) is 8.73. The Balaban J connectivity index is 1.97. The Morgan fingerprint density at radius 3 is 2.43 bits per heavy atom. The van der Waals surface area contributed by atoms with Crippen molar-refractivity contribution in [3.63, 3.8) is 0 Å². The summed E-state index contributed by atoms with van der Waals surface area (Å²) in [6.07, 6.45) is 3.48. The van der Waals surface area contributed by atoms with Crippen LogP contribution in [0.25, 0.3) is 0 Å². The van der Waals surface area contributed by atoms with Gasteiger partial charge in [-0.2, -0.15) is 0 Å². The van der Waals surface area contributed by atoms with E-state index in [0.717, 1.165) is 19.3 Å². The zero-order chi connectivity index (χ0) is 17.3. The summed E-state index contributed by atoms with van der Waals surface area (Å²) in [4.78, 5) is 25.5. The molecule has 0 radical (unpaired) electrons. The summed E-state index contributed by atoms with van der Waals surface area (Å²) in [7, 11) is 0. The minimum Gasteiger partial charge on any atom is -0.481 e. The van der Waals surface area contributed by atoms with Crippen LogP contribution < -0.4 is 5.32 Å². The Kier molecular flexibility index (Phi) is 5.23. The number of carbonyl (C=O) groups excluding carboxylic acids is 1. The van der Waals surface area contributed by atoms with Crippen LogP contribution in [0, 0.1) is 10.8 Å². The average Bonchev–Trinajstić information content (AvgIpc) is 2.91. The van der Waals surface area contributed by atoms with Crippen molar-refractivity contribution in [1.82, 2.24) is 10.2 Å². The Labute approximate surface area is 138 Å². The molecule has 3 unspecified atom stereocenters. The summed E-state index contributed by atoms with van der Waals surface area (Å²) in [6, 6.07) is -0.0283. The maximum atomic E-state index is 12.5. The van der Waals surface area contributed by atoms with Gasteiger partial charge in [0.15, 0.2) is 0 Å². The van der Waals surface area contributed by atoms with Crippen molar-refractivity contribution in [2.75, 3.05) is 19.7 Å². The van der Waals surface area contributed by atoms with E-state index in [-0.39, 0.29) is 30.1 Å². The fourth-order valence-corrected chi connectivity index (χ4v) is 4.13. The number of aliphatic carboxylic acids is 1. The average molecular weight is 326 g/mol. The van der Waals surface area contributed by atoms with Crippen LogP contribution in [-0.2, 0) is 9.53 Å². The topological polar surface area (TPSA) is 78.9 Å². The summed E-state index contributed by atoms with van der Waals surface area (Å²) in [5, 5.41) is 12.4. The van der Waals surface area contributed by atoms with E-state index in [4.69, 9.17) is 4.74 Å². The maximum absolute atomic E-state index is 12.5. The highest BCUT2D eigenvalue weighted by atomic mass is 16.5. The highest BCUT2D eigenvalue weighted by Crippen LogP contribution is 2.49. The van der Waals surface area contributed by atoms with Crippen LogP contribution in [0.15, 0.2) is 0 Å². The molecule has 3 atom stereocenters. The number of hydrogen-bond acceptors (Lipinski definition) is 3. The SMILES string of the molecule is CCOC1CC(NC(=O)N2CCC(C)(C(=O)O)C2)C1(CC)CC. The van der Waals surface area contributed by atoms with E-state index in [1.165, 1.54) is 0 Å². The molecule has 0 bridgehead atoms. The van der Waals surface area contributed by atoms with E-state index < -0.39 is 11.4 Å². The highest BCUT2D eigenvalue weighted by molar-refractivity contribution is 5.79. The number of nitrogens with zero attached hydrogens (tertiary/aromatic N) is 1. The van der Waals surface area contributed by atoms with Crippen molar-refractivity contribution < 1.29 is 19.4 Å². The van der Waals surface area contributed by atoms with Gasteiger partial charge >= 0.3 is 12.0 Å². The molecule has 2 rings (SSSR count). The van der Waals surface area contributed by atoms with Crippen molar-refractivity contribution in [1.29, 1.82) is 0 Å². The molecule has 2 N–H and O–H groups in total. The third kappa shape index (κ3) is 3.05. The van der Waals surface area contributed by atoms with Crippen molar-refractivity contribution in [2.24, 2.45) is 10.8 Å². The number of carbonyl (C=O) groups is 2. The van der Waals surface area contributed by atoms with Crippen LogP contribution >= 0.6 is 0 Å². The molecular weight excluding hydrogens is 296 g/mol. The molecule has 23 heavy (non-hydrogen) atoms. The molecule has 6 heteroatoms. The highest BCUT2D eigenvalue weighted by Gasteiger charge is 2.54. The summed E-state index contributed by atoms with van der Waals surface area (Å²) >= 11 is 0. The minimum atomic E-state index is -0.829. The molecule has 1 heterocycles. The number of ether oxygens (including phenoxy) is 1. The van der Waals surface area contributed by atoms with E-state index in [1.807, 2.05) is 6.92 Å². The van der Waals surface area contributed by atoms with E-state index >= 15 is 0 Å². The van der Waals surface area contributed by atoms with Gasteiger partial charge in [0.05, 0.1) is 11.5 Å². The lowest BCUT2D eigenvalue weighted by molar-refractivity contribution is -0.147. The molecule has 2 aliphatic rings. The zero-order valence-electron chi connectivity index (χ0n) is 14.7. The van der Waals surface area contributed by atoms with Gasteiger partial charge in [-0.1, -0.05) is 13.8 Å². The van der Waals surface area contributed by atoms with Crippen LogP contribution in [0.3, 0.4) is 0 Å². The number of nitrogens with one attached hydrogen (secondary N) is 1. The second kappa shape index (κ2) is 6.67. The Hall–Kier alpha value is -1.30. The number of likely N-dealkylation sites (tertiary alicyclic amines) is 1. The molecule has 0 aromatic rings. The first-order valence-corrected chi connectivity index (χ1v) is 8.73. The van der Waals surface area contributed by atoms with E-state index in [9.17, 15) is 14.7 Å². The molecule has 1 aliphatic heterocycles. The fraction of sp³-hybridized carbons (Fsp3) is 0.882. The van der Waals surface area contributed by atoms with Crippen LogP contribution in [0.1, 0.15) is 53.4 Å². The van der Waals surface area contributed by atoms with Crippen LogP contribution in [0.5, 0.6) is 0 Å². The Morgan fingerprint density at radius 2 is 1.96 bits per heavy atom. The lowest BCUT2D eigenvalue weighted by Gasteiger charge is -2.55. The number of amides is 2. The summed E-state index contributed by atoms with van der Waals surface area (Å²) in [6.45, 7) is 9.47. The van der Waals surface area contributed by atoms with Crippen LogP contribution in [0.4, 0.5) is 4.79 Å². The number of carboxylic acids is 1. The largest absolute Gasteiger partial charge is 0.481 e. The fourth-order valence-electron chi connectivity index (χ4n) is 4.13. The molecule has 0 spiro atoms. The molecular formula is C17H30N2O4. The van der Waals surface area contributed by atoms with Crippen molar-refractivity contribution in [3.8, 4) is 0 Å². The van der Waals surface area contributed by atoms with Crippen molar-refractivity contribution in [2.45, 2.75) is 65.5 Å². The molecule has 6 nitrogen and oxygen atoms in total. The number of rotatable bonds is 6. The molecule has 1 aliphatic carbocycles. The predicted octanol–water partition coefficient (Wildman–Crippen LogP) is 2.48. The summed E-state index contributed by atoms with van der Waals surface area (Å²) in [5.41, 5.74) is -0.821. The van der Waals surface area contributed by atoms with Gasteiger partial charge < -0.3 is 20.1 Å². The number of hydrogen-bond donors (Lipinski definition) is 2. The lowest BCUT2D eigenvalue weighted by atomic mass is 9.58. The molecule has 2 amide bonds. The first kappa shape index (κ1) is 18.0.